The van der Waals surface area contributed by atoms with Crippen molar-refractivity contribution in [1.29, 1.82) is 0 Å². The number of aliphatic hydroxyl groups is 1. The molecule has 7 heteroatoms. The summed E-state index contributed by atoms with van der Waals surface area (Å²) in [7, 11) is -1.88. The summed E-state index contributed by atoms with van der Waals surface area (Å²) in [5, 5.41) is 13.4. The first kappa shape index (κ1) is 12.5. The summed E-state index contributed by atoms with van der Waals surface area (Å²) in [6.07, 6.45) is 2.76. The van der Waals surface area contributed by atoms with Gasteiger partial charge in [-0.15, -0.1) is 0 Å². The van der Waals surface area contributed by atoms with Crippen LogP contribution in [0.25, 0.3) is 0 Å². The summed E-state index contributed by atoms with van der Waals surface area (Å²) in [6.45, 7) is 3.69. The van der Waals surface area contributed by atoms with E-state index < -0.39 is 21.5 Å². The Bertz CT molecular complexity index is 521. The highest BCUT2D eigenvalue weighted by Crippen LogP contribution is 2.41. The van der Waals surface area contributed by atoms with E-state index in [1.54, 1.807) is 7.05 Å². The van der Waals surface area contributed by atoms with Gasteiger partial charge >= 0.3 is 0 Å². The van der Waals surface area contributed by atoms with E-state index in [0.717, 1.165) is 0 Å². The molecular weight excluding hydrogens is 242 g/mol. The summed E-state index contributed by atoms with van der Waals surface area (Å²) in [5.74, 6) is 0. The number of aromatic nitrogens is 2. The Morgan fingerprint density at radius 1 is 1.59 bits per heavy atom. The second-order valence-corrected chi connectivity index (χ2v) is 6.81. The summed E-state index contributed by atoms with van der Waals surface area (Å²) >= 11 is 0. The van der Waals surface area contributed by atoms with Gasteiger partial charge in [-0.2, -0.15) is 5.10 Å². The van der Waals surface area contributed by atoms with Gasteiger partial charge in [-0.05, 0) is 6.42 Å². The summed E-state index contributed by atoms with van der Waals surface area (Å²) in [4.78, 5) is 0.150. The Morgan fingerprint density at radius 3 is 2.65 bits per heavy atom. The normalized spacial score (nSPS) is 27.8. The molecule has 0 aliphatic heterocycles. The molecule has 96 valence electrons. The van der Waals surface area contributed by atoms with Gasteiger partial charge < -0.3 is 5.11 Å². The molecule has 1 aromatic rings. The van der Waals surface area contributed by atoms with E-state index in [1.807, 2.05) is 13.8 Å². The van der Waals surface area contributed by atoms with Gasteiger partial charge in [0.2, 0.25) is 10.0 Å². The van der Waals surface area contributed by atoms with Crippen LogP contribution in [-0.4, -0.2) is 35.5 Å². The predicted octanol–water partition coefficient (Wildman–Crippen LogP) is -0.142. The molecule has 1 saturated carbocycles. The van der Waals surface area contributed by atoms with Crippen LogP contribution in [0, 0.1) is 5.41 Å². The predicted molar refractivity (Wildman–Crippen MR) is 61.7 cm³/mol. The third-order valence-electron chi connectivity index (χ3n) is 3.50. The van der Waals surface area contributed by atoms with Gasteiger partial charge in [0, 0.05) is 24.7 Å². The third-order valence-corrected chi connectivity index (χ3v) is 4.93. The van der Waals surface area contributed by atoms with Crippen molar-refractivity contribution in [3.05, 3.63) is 12.4 Å². The van der Waals surface area contributed by atoms with Crippen molar-refractivity contribution in [2.45, 2.75) is 37.3 Å². The molecule has 1 aromatic heterocycles. The first-order valence-corrected chi connectivity index (χ1v) is 6.91. The Hall–Kier alpha value is -0.920. The number of rotatable bonds is 3. The summed E-state index contributed by atoms with van der Waals surface area (Å²) in [6, 6.07) is -0.234. The van der Waals surface area contributed by atoms with Gasteiger partial charge in [-0.25, -0.2) is 13.1 Å². The SMILES string of the molecule is Cn1cc(S(=O)(=O)NC2CC(O)C2(C)C)cn1. The minimum absolute atomic E-state index is 0.150. The molecule has 2 N–H and O–H groups in total. The third kappa shape index (κ3) is 2.10. The number of hydrogen-bond acceptors (Lipinski definition) is 4. The minimum Gasteiger partial charge on any atom is -0.392 e. The van der Waals surface area contributed by atoms with Crippen molar-refractivity contribution in [2.75, 3.05) is 0 Å². The maximum absolute atomic E-state index is 12.0. The molecule has 1 fully saturated rings. The van der Waals surface area contributed by atoms with E-state index in [0.29, 0.717) is 6.42 Å². The lowest BCUT2D eigenvalue weighted by Gasteiger charge is -2.49. The monoisotopic (exact) mass is 259 g/mol. The van der Waals surface area contributed by atoms with E-state index in [9.17, 15) is 13.5 Å². The molecule has 1 aliphatic rings. The van der Waals surface area contributed by atoms with Gasteiger partial charge in [-0.1, -0.05) is 13.8 Å². The average Bonchev–Trinajstić information content (AvgIpc) is 2.65. The molecule has 1 heterocycles. The van der Waals surface area contributed by atoms with Gasteiger partial charge in [0.25, 0.3) is 0 Å². The quantitative estimate of drug-likeness (QED) is 0.791. The van der Waals surface area contributed by atoms with Crippen LogP contribution in [0.1, 0.15) is 20.3 Å². The van der Waals surface area contributed by atoms with Crippen LogP contribution in [0.5, 0.6) is 0 Å². The number of aryl methyl sites for hydroxylation is 1. The number of hydrogen-bond donors (Lipinski definition) is 2. The van der Waals surface area contributed by atoms with Crippen LogP contribution in [0.15, 0.2) is 17.3 Å². The zero-order valence-electron chi connectivity index (χ0n) is 10.1. The Morgan fingerprint density at radius 2 is 2.24 bits per heavy atom. The van der Waals surface area contributed by atoms with Crippen molar-refractivity contribution in [3.8, 4) is 0 Å². The number of nitrogens with zero attached hydrogens (tertiary/aromatic N) is 2. The number of aliphatic hydroxyl groups excluding tert-OH is 1. The standard InChI is InChI=1S/C10H17N3O3S/c1-10(2)8(4-9(10)14)12-17(15,16)7-5-11-13(3)6-7/h5-6,8-9,12,14H,4H2,1-3H3. The molecule has 0 amide bonds. The lowest BCUT2D eigenvalue weighted by Crippen LogP contribution is -2.61. The largest absolute Gasteiger partial charge is 0.392 e. The fraction of sp³-hybridized carbons (Fsp3) is 0.700. The van der Waals surface area contributed by atoms with Gasteiger partial charge in [0.1, 0.15) is 4.90 Å². The second kappa shape index (κ2) is 3.79. The van der Waals surface area contributed by atoms with E-state index in [4.69, 9.17) is 0 Å². The highest BCUT2D eigenvalue weighted by molar-refractivity contribution is 7.89. The van der Waals surface area contributed by atoms with Crippen molar-refractivity contribution in [2.24, 2.45) is 12.5 Å². The second-order valence-electron chi connectivity index (χ2n) is 5.10. The molecule has 0 radical (unpaired) electrons. The number of sulfonamides is 1. The first-order chi connectivity index (χ1) is 7.73. The molecule has 6 nitrogen and oxygen atoms in total. The molecular formula is C10H17N3O3S. The van der Waals surface area contributed by atoms with Gasteiger partial charge in [0.05, 0.1) is 12.3 Å². The molecule has 0 spiro atoms. The fourth-order valence-electron chi connectivity index (χ4n) is 1.90. The first-order valence-electron chi connectivity index (χ1n) is 5.42. The molecule has 0 saturated heterocycles. The maximum atomic E-state index is 12.0. The fourth-order valence-corrected chi connectivity index (χ4v) is 3.28. The zero-order chi connectivity index (χ0) is 12.8. The van der Waals surface area contributed by atoms with E-state index in [2.05, 4.69) is 9.82 Å². The average molecular weight is 259 g/mol. The molecule has 2 unspecified atom stereocenters. The van der Waals surface area contributed by atoms with Crippen molar-refractivity contribution in [3.63, 3.8) is 0 Å². The van der Waals surface area contributed by atoms with Crippen molar-refractivity contribution >= 4 is 10.0 Å². The smallest absolute Gasteiger partial charge is 0.243 e. The molecule has 0 bridgehead atoms. The highest BCUT2D eigenvalue weighted by atomic mass is 32.2. The molecule has 2 atom stereocenters. The van der Waals surface area contributed by atoms with Crippen LogP contribution in [0.2, 0.25) is 0 Å². The molecule has 2 rings (SSSR count). The number of nitrogens with one attached hydrogen (secondary N) is 1. The maximum Gasteiger partial charge on any atom is 0.243 e. The van der Waals surface area contributed by atoms with E-state index in [-0.39, 0.29) is 10.9 Å². The lowest BCUT2D eigenvalue weighted by atomic mass is 9.65. The minimum atomic E-state index is -3.54. The topological polar surface area (TPSA) is 84.2 Å². The Labute approximate surface area is 101 Å². The van der Waals surface area contributed by atoms with Crippen LogP contribution in [0.3, 0.4) is 0 Å². The summed E-state index contributed by atoms with van der Waals surface area (Å²) in [5.41, 5.74) is -0.421. The van der Waals surface area contributed by atoms with E-state index >= 15 is 0 Å². The van der Waals surface area contributed by atoms with Crippen molar-refractivity contribution < 1.29 is 13.5 Å². The highest BCUT2D eigenvalue weighted by Gasteiger charge is 2.49. The van der Waals surface area contributed by atoms with Crippen LogP contribution in [-0.2, 0) is 17.1 Å². The van der Waals surface area contributed by atoms with Gasteiger partial charge in [-0.3, -0.25) is 4.68 Å². The van der Waals surface area contributed by atoms with Crippen molar-refractivity contribution in [1.82, 2.24) is 14.5 Å². The zero-order valence-corrected chi connectivity index (χ0v) is 10.9. The van der Waals surface area contributed by atoms with Crippen LogP contribution < -0.4 is 4.72 Å². The van der Waals surface area contributed by atoms with Gasteiger partial charge in [0.15, 0.2) is 0 Å². The van der Waals surface area contributed by atoms with E-state index in [1.165, 1.54) is 17.1 Å². The Balaban J connectivity index is 2.15. The molecule has 17 heavy (non-hydrogen) atoms. The molecule has 1 aliphatic carbocycles. The molecule has 0 aromatic carbocycles. The lowest BCUT2D eigenvalue weighted by molar-refractivity contribution is -0.0645. The Kier molecular flexibility index (Phi) is 2.80. The summed E-state index contributed by atoms with van der Waals surface area (Å²) < 4.78 is 28.0. The van der Waals surface area contributed by atoms with Crippen LogP contribution >= 0.6 is 0 Å². The van der Waals surface area contributed by atoms with Crippen LogP contribution in [0.4, 0.5) is 0 Å².